The molecule has 0 aromatic heterocycles. The predicted molar refractivity (Wildman–Crippen MR) is 139 cm³/mol. The molecule has 0 N–H and O–H groups in total. The van der Waals surface area contributed by atoms with Crippen LogP contribution >= 0.6 is 0 Å². The molecule has 0 bridgehead atoms. The van der Waals surface area contributed by atoms with Crippen LogP contribution in [-0.2, 0) is 49.2 Å². The summed E-state index contributed by atoms with van der Waals surface area (Å²) in [7, 11) is 1.55. The van der Waals surface area contributed by atoms with E-state index in [1.54, 1.807) is 7.11 Å². The second-order valence-electron chi connectivity index (χ2n) is 11.0. The molecule has 9 nitrogen and oxygen atoms in total. The highest BCUT2D eigenvalue weighted by molar-refractivity contribution is 5.17. The fourth-order valence-electron chi connectivity index (χ4n) is 5.83. The SMILES string of the molecule is CO[C@@H]1O[C@@H](C)[C@H](O[C@@H]2O[C@@H]3CO[C@@H](c4ccccc4)O[C@H]3[C@H](OCc3ccccc3)[C@H]2F)[C@H]2OC(C)(C)O[C@@H]12. The Hall–Kier alpha value is -1.99. The molecule has 0 saturated carbocycles. The van der Waals surface area contributed by atoms with Crippen LogP contribution in [0.2, 0.25) is 0 Å². The van der Waals surface area contributed by atoms with Gasteiger partial charge in [-0.25, -0.2) is 4.39 Å². The lowest BCUT2D eigenvalue weighted by molar-refractivity contribution is -0.376. The van der Waals surface area contributed by atoms with Gasteiger partial charge in [-0.3, -0.25) is 0 Å². The minimum absolute atomic E-state index is 0.184. The van der Waals surface area contributed by atoms with Crippen LogP contribution in [0.5, 0.6) is 0 Å². The molecule has 218 valence electrons. The van der Waals surface area contributed by atoms with Gasteiger partial charge in [-0.2, -0.15) is 0 Å². The van der Waals surface area contributed by atoms with Gasteiger partial charge >= 0.3 is 0 Å². The lowest BCUT2D eigenvalue weighted by Crippen LogP contribution is -2.64. The monoisotopic (exact) mass is 560 g/mol. The zero-order valence-electron chi connectivity index (χ0n) is 23.1. The zero-order chi connectivity index (χ0) is 27.9. The van der Waals surface area contributed by atoms with Crippen molar-refractivity contribution in [2.45, 2.75) is 101 Å². The summed E-state index contributed by atoms with van der Waals surface area (Å²) in [6.07, 6.45) is -8.82. The van der Waals surface area contributed by atoms with Crippen LogP contribution in [0.1, 0.15) is 38.2 Å². The first-order valence-electron chi connectivity index (χ1n) is 13.8. The van der Waals surface area contributed by atoms with Crippen molar-refractivity contribution in [3.63, 3.8) is 0 Å². The van der Waals surface area contributed by atoms with E-state index in [1.807, 2.05) is 81.4 Å². The summed E-state index contributed by atoms with van der Waals surface area (Å²) in [5.41, 5.74) is 1.76. The van der Waals surface area contributed by atoms with Gasteiger partial charge in [0, 0.05) is 12.7 Å². The fourth-order valence-corrected chi connectivity index (χ4v) is 5.83. The minimum atomic E-state index is -1.67. The Labute approximate surface area is 233 Å². The topological polar surface area (TPSA) is 83.1 Å². The molecule has 4 aliphatic rings. The first kappa shape index (κ1) is 28.1. The smallest absolute Gasteiger partial charge is 0.192 e. The van der Waals surface area contributed by atoms with E-state index >= 15 is 4.39 Å². The Morgan fingerprint density at radius 2 is 1.55 bits per heavy atom. The second-order valence-corrected chi connectivity index (χ2v) is 11.0. The molecule has 4 heterocycles. The Kier molecular flexibility index (Phi) is 8.24. The lowest BCUT2D eigenvalue weighted by Gasteiger charge is -2.48. The molecule has 6 rings (SSSR count). The maximum Gasteiger partial charge on any atom is 0.192 e. The van der Waals surface area contributed by atoms with E-state index in [2.05, 4.69) is 0 Å². The molecule has 40 heavy (non-hydrogen) atoms. The summed E-state index contributed by atoms with van der Waals surface area (Å²) in [5.74, 6) is -0.881. The van der Waals surface area contributed by atoms with Gasteiger partial charge in [0.1, 0.15) is 36.6 Å². The molecule has 4 fully saturated rings. The van der Waals surface area contributed by atoms with Gasteiger partial charge in [-0.1, -0.05) is 60.7 Å². The van der Waals surface area contributed by atoms with Crippen molar-refractivity contribution in [1.29, 1.82) is 0 Å². The average molecular weight is 561 g/mol. The number of hydrogen-bond acceptors (Lipinski definition) is 9. The number of halogens is 1. The van der Waals surface area contributed by atoms with Crippen LogP contribution in [0.25, 0.3) is 0 Å². The number of benzene rings is 2. The van der Waals surface area contributed by atoms with E-state index in [0.717, 1.165) is 11.1 Å². The van der Waals surface area contributed by atoms with Gasteiger partial charge < -0.3 is 42.6 Å². The molecule has 10 heteroatoms. The third kappa shape index (κ3) is 5.70. The fraction of sp³-hybridized carbons (Fsp3) is 0.600. The number of rotatable bonds is 7. The number of fused-ring (bicyclic) bond motifs is 2. The van der Waals surface area contributed by atoms with Crippen molar-refractivity contribution in [3.05, 3.63) is 71.8 Å². The first-order chi connectivity index (χ1) is 19.3. The lowest BCUT2D eigenvalue weighted by atomic mass is 9.96. The van der Waals surface area contributed by atoms with Crippen LogP contribution < -0.4 is 0 Å². The van der Waals surface area contributed by atoms with Crippen molar-refractivity contribution in [1.82, 2.24) is 0 Å². The Morgan fingerprint density at radius 1 is 0.850 bits per heavy atom. The molecule has 0 spiro atoms. The van der Waals surface area contributed by atoms with E-state index in [-0.39, 0.29) is 13.2 Å². The van der Waals surface area contributed by atoms with Crippen molar-refractivity contribution >= 4 is 0 Å². The minimum Gasteiger partial charge on any atom is -0.367 e. The van der Waals surface area contributed by atoms with E-state index in [4.69, 9.17) is 42.6 Å². The maximum atomic E-state index is 16.4. The average Bonchev–Trinajstić information content (AvgIpc) is 3.30. The summed E-state index contributed by atoms with van der Waals surface area (Å²) in [6.45, 7) is 5.85. The number of methoxy groups -OCH3 is 1. The van der Waals surface area contributed by atoms with Crippen LogP contribution in [0.15, 0.2) is 60.7 Å². The van der Waals surface area contributed by atoms with E-state index in [1.165, 1.54) is 0 Å². The van der Waals surface area contributed by atoms with Crippen molar-refractivity contribution in [2.75, 3.05) is 13.7 Å². The van der Waals surface area contributed by atoms with Gasteiger partial charge in [0.15, 0.2) is 30.8 Å². The molecule has 0 amide bonds. The highest BCUT2D eigenvalue weighted by Crippen LogP contribution is 2.42. The molecule has 4 saturated heterocycles. The van der Waals surface area contributed by atoms with Crippen LogP contribution in [0.4, 0.5) is 4.39 Å². The van der Waals surface area contributed by atoms with E-state index < -0.39 is 73.6 Å². The quantitative estimate of drug-likeness (QED) is 0.498. The number of alkyl halides is 1. The van der Waals surface area contributed by atoms with Gasteiger partial charge in [-0.15, -0.1) is 0 Å². The number of hydrogen-bond donors (Lipinski definition) is 0. The van der Waals surface area contributed by atoms with Gasteiger partial charge in [0.2, 0.25) is 0 Å². The molecule has 0 unspecified atom stereocenters. The highest BCUT2D eigenvalue weighted by Gasteiger charge is 2.58. The molecule has 2 aromatic rings. The van der Waals surface area contributed by atoms with Gasteiger partial charge in [0.05, 0.1) is 19.3 Å². The maximum absolute atomic E-state index is 16.4. The van der Waals surface area contributed by atoms with Crippen molar-refractivity contribution in [3.8, 4) is 0 Å². The second kappa shape index (κ2) is 11.7. The van der Waals surface area contributed by atoms with Crippen molar-refractivity contribution < 1.29 is 47.0 Å². The zero-order valence-corrected chi connectivity index (χ0v) is 23.1. The number of ether oxygens (including phenoxy) is 9. The largest absolute Gasteiger partial charge is 0.367 e. The summed E-state index contributed by atoms with van der Waals surface area (Å²) >= 11 is 0. The molecule has 2 aromatic carbocycles. The van der Waals surface area contributed by atoms with Crippen LogP contribution in [-0.4, -0.2) is 81.0 Å². The molecular weight excluding hydrogens is 523 g/mol. The Morgan fingerprint density at radius 3 is 2.27 bits per heavy atom. The van der Waals surface area contributed by atoms with E-state index in [0.29, 0.717) is 0 Å². The summed E-state index contributed by atoms with van der Waals surface area (Å²) in [4.78, 5) is 0. The third-order valence-corrected chi connectivity index (χ3v) is 7.71. The predicted octanol–water partition coefficient (Wildman–Crippen LogP) is 4.05. The van der Waals surface area contributed by atoms with E-state index in [9.17, 15) is 0 Å². The standard InChI is InChI=1S/C30H37FO9/c1-17-22(25-26(29(32-4)35-17)40-30(2,3)39-25)37-28-21(31)24(33-15-18-11-7-5-8-12-18)23-20(36-28)16-34-27(38-23)19-13-9-6-10-14-19/h5-14,17,20-29H,15-16H2,1-4H3/t17-,20+,21+,22-,23+,24+,25+,26+,27+,28-,29+/m0/s1. The Bertz CT molecular complexity index is 1100. The van der Waals surface area contributed by atoms with Crippen LogP contribution in [0, 0.1) is 0 Å². The first-order valence-corrected chi connectivity index (χ1v) is 13.8. The normalized spacial score (nSPS) is 40.8. The van der Waals surface area contributed by atoms with Gasteiger partial charge in [-0.05, 0) is 26.3 Å². The summed E-state index contributed by atoms with van der Waals surface area (Å²) < 4.78 is 71.1. The molecular formula is C30H37FO9. The third-order valence-electron chi connectivity index (χ3n) is 7.71. The summed E-state index contributed by atoms with van der Waals surface area (Å²) in [6, 6.07) is 19.2. The molecule has 0 aliphatic carbocycles. The summed E-state index contributed by atoms with van der Waals surface area (Å²) in [5, 5.41) is 0. The molecule has 4 aliphatic heterocycles. The van der Waals surface area contributed by atoms with Crippen LogP contribution in [0.3, 0.4) is 0 Å². The molecule has 11 atom stereocenters. The highest BCUT2D eigenvalue weighted by atomic mass is 19.1. The van der Waals surface area contributed by atoms with Crippen molar-refractivity contribution in [2.24, 2.45) is 0 Å². The molecule has 0 radical (unpaired) electrons. The van der Waals surface area contributed by atoms with Gasteiger partial charge in [0.25, 0.3) is 0 Å². The Balaban J connectivity index is 1.22.